The van der Waals surface area contributed by atoms with E-state index in [-0.39, 0.29) is 18.8 Å². The summed E-state index contributed by atoms with van der Waals surface area (Å²) in [5, 5.41) is 16.5. The first kappa shape index (κ1) is 15.3. The first-order chi connectivity index (χ1) is 11.1. The maximum absolute atomic E-state index is 12.2. The summed E-state index contributed by atoms with van der Waals surface area (Å²) in [6.45, 7) is -0.309. The highest BCUT2D eigenvalue weighted by Crippen LogP contribution is 2.24. The molecule has 2 heterocycles. The Balaban J connectivity index is 1.89. The molecular formula is C15H13ClN4O3. The van der Waals surface area contributed by atoms with Crippen LogP contribution in [0.15, 0.2) is 48.4 Å². The van der Waals surface area contributed by atoms with E-state index in [9.17, 15) is 9.59 Å². The van der Waals surface area contributed by atoms with Gasteiger partial charge in [-0.2, -0.15) is 5.10 Å². The smallest absolute Gasteiger partial charge is 0.277 e. The number of rotatable bonds is 5. The lowest BCUT2D eigenvalue weighted by atomic mass is 10.2. The average Bonchev–Trinajstić information content (AvgIpc) is 3.07. The summed E-state index contributed by atoms with van der Waals surface area (Å²) in [5.41, 5.74) is 1.43. The van der Waals surface area contributed by atoms with Crippen LogP contribution < -0.4 is 5.32 Å². The number of benzene rings is 1. The van der Waals surface area contributed by atoms with Crippen LogP contribution in [0.5, 0.6) is 0 Å². The molecule has 0 saturated carbocycles. The van der Waals surface area contributed by atoms with Crippen LogP contribution in [0, 0.1) is 0 Å². The molecule has 8 heteroatoms. The minimum Gasteiger partial charge on any atom is -0.395 e. The average molecular weight is 333 g/mol. The lowest BCUT2D eigenvalue weighted by molar-refractivity contribution is -0.137. The summed E-state index contributed by atoms with van der Waals surface area (Å²) in [4.78, 5) is 24.9. The maximum Gasteiger partial charge on any atom is 0.277 e. The van der Waals surface area contributed by atoms with E-state index in [1.165, 1.54) is 12.3 Å². The van der Waals surface area contributed by atoms with E-state index in [2.05, 4.69) is 10.4 Å². The minimum atomic E-state index is -0.475. The van der Waals surface area contributed by atoms with Crippen LogP contribution in [0.1, 0.15) is 0 Å². The SMILES string of the molecule is O=C1C=C(Nc2ccccc2-n2cc(Cl)cn2)C(=O)N1CCO. The largest absolute Gasteiger partial charge is 0.395 e. The number of aliphatic hydroxyl groups is 1. The van der Waals surface area contributed by atoms with E-state index < -0.39 is 11.8 Å². The van der Waals surface area contributed by atoms with Crippen LogP contribution in [0.25, 0.3) is 5.69 Å². The van der Waals surface area contributed by atoms with Gasteiger partial charge in [0.05, 0.1) is 35.7 Å². The highest BCUT2D eigenvalue weighted by atomic mass is 35.5. The Labute approximate surface area is 136 Å². The van der Waals surface area contributed by atoms with E-state index in [1.54, 1.807) is 29.1 Å². The number of amides is 2. The van der Waals surface area contributed by atoms with Crippen LogP contribution in [0.2, 0.25) is 5.02 Å². The van der Waals surface area contributed by atoms with Gasteiger partial charge in [-0.15, -0.1) is 0 Å². The van der Waals surface area contributed by atoms with Crippen molar-refractivity contribution in [3.05, 3.63) is 53.5 Å². The molecule has 0 unspecified atom stereocenters. The molecule has 0 saturated heterocycles. The van der Waals surface area contributed by atoms with Crippen molar-refractivity contribution in [1.82, 2.24) is 14.7 Å². The normalized spacial score (nSPS) is 14.3. The van der Waals surface area contributed by atoms with Gasteiger partial charge >= 0.3 is 0 Å². The molecule has 7 nitrogen and oxygen atoms in total. The summed E-state index contributed by atoms with van der Waals surface area (Å²) in [5.74, 6) is -0.927. The Morgan fingerprint density at radius 3 is 2.74 bits per heavy atom. The van der Waals surface area contributed by atoms with Gasteiger partial charge in [0.15, 0.2) is 0 Å². The van der Waals surface area contributed by atoms with Gasteiger partial charge in [-0.05, 0) is 12.1 Å². The third kappa shape index (κ3) is 2.96. The van der Waals surface area contributed by atoms with Gasteiger partial charge in [0, 0.05) is 12.3 Å². The molecule has 1 aliphatic heterocycles. The number of carbonyl (C=O) groups excluding carboxylic acids is 2. The molecule has 2 amide bonds. The number of anilines is 1. The summed E-state index contributed by atoms with van der Waals surface area (Å²) in [7, 11) is 0. The Morgan fingerprint density at radius 2 is 2.04 bits per heavy atom. The lowest BCUT2D eigenvalue weighted by Crippen LogP contribution is -2.34. The van der Waals surface area contributed by atoms with Crippen LogP contribution in [0.4, 0.5) is 5.69 Å². The Morgan fingerprint density at radius 1 is 1.26 bits per heavy atom. The predicted octanol–water partition coefficient (Wildman–Crippen LogP) is 1.18. The Bertz CT molecular complexity index is 800. The van der Waals surface area contributed by atoms with Crippen molar-refractivity contribution in [2.24, 2.45) is 0 Å². The third-order valence-electron chi connectivity index (χ3n) is 3.30. The fourth-order valence-corrected chi connectivity index (χ4v) is 2.40. The highest BCUT2D eigenvalue weighted by Gasteiger charge is 2.30. The number of nitrogens with one attached hydrogen (secondary N) is 1. The number of para-hydroxylation sites is 2. The second kappa shape index (κ2) is 6.23. The minimum absolute atomic E-state index is 0.0320. The van der Waals surface area contributed by atoms with Crippen molar-refractivity contribution in [2.45, 2.75) is 0 Å². The van der Waals surface area contributed by atoms with E-state index in [1.807, 2.05) is 6.07 Å². The number of halogens is 1. The number of β-amino-alcohol motifs (C(OH)–C–C–N with tert-alkyl or cyclic N) is 1. The molecule has 0 radical (unpaired) electrons. The van der Waals surface area contributed by atoms with E-state index in [4.69, 9.17) is 16.7 Å². The Kier molecular flexibility index (Phi) is 4.14. The number of carbonyl (C=O) groups is 2. The lowest BCUT2D eigenvalue weighted by Gasteiger charge is -2.15. The molecule has 3 rings (SSSR count). The molecule has 0 atom stereocenters. The standard InChI is InChI=1S/C15H13ClN4O3/c16-10-8-17-20(9-10)13-4-2-1-3-11(13)18-12-7-14(22)19(5-6-21)15(12)23/h1-4,7-9,18,21H,5-6H2. The number of nitrogens with zero attached hydrogens (tertiary/aromatic N) is 3. The molecule has 1 aromatic carbocycles. The Hall–Kier alpha value is -2.64. The van der Waals surface area contributed by atoms with E-state index in [0.717, 1.165) is 4.90 Å². The molecule has 2 aromatic rings. The predicted molar refractivity (Wildman–Crippen MR) is 84.1 cm³/mol. The van der Waals surface area contributed by atoms with Gasteiger partial charge in [-0.25, -0.2) is 4.68 Å². The number of aromatic nitrogens is 2. The van der Waals surface area contributed by atoms with Crippen LogP contribution in [-0.2, 0) is 9.59 Å². The van der Waals surface area contributed by atoms with Gasteiger partial charge in [0.1, 0.15) is 5.70 Å². The number of hydrogen-bond acceptors (Lipinski definition) is 5. The first-order valence-corrected chi connectivity index (χ1v) is 7.23. The highest BCUT2D eigenvalue weighted by molar-refractivity contribution is 6.30. The van der Waals surface area contributed by atoms with Gasteiger partial charge in [0.2, 0.25) is 0 Å². The number of aliphatic hydroxyl groups excluding tert-OH is 1. The van der Waals surface area contributed by atoms with E-state index >= 15 is 0 Å². The summed E-state index contributed by atoms with van der Waals surface area (Å²) >= 11 is 5.88. The number of hydrogen-bond donors (Lipinski definition) is 2. The molecule has 0 fully saturated rings. The topological polar surface area (TPSA) is 87.5 Å². The van der Waals surface area contributed by atoms with E-state index in [0.29, 0.717) is 16.4 Å². The van der Waals surface area contributed by atoms with Crippen molar-refractivity contribution in [2.75, 3.05) is 18.5 Å². The molecule has 23 heavy (non-hydrogen) atoms. The van der Waals surface area contributed by atoms with Crippen LogP contribution >= 0.6 is 11.6 Å². The van der Waals surface area contributed by atoms with Crippen LogP contribution in [0.3, 0.4) is 0 Å². The molecule has 1 aromatic heterocycles. The van der Waals surface area contributed by atoms with Gasteiger partial charge in [-0.1, -0.05) is 23.7 Å². The van der Waals surface area contributed by atoms with Crippen molar-refractivity contribution < 1.29 is 14.7 Å². The van der Waals surface area contributed by atoms with Crippen LogP contribution in [-0.4, -0.2) is 44.8 Å². The van der Waals surface area contributed by atoms with Crippen molar-refractivity contribution in [3.63, 3.8) is 0 Å². The van der Waals surface area contributed by atoms with Gasteiger partial charge in [-0.3, -0.25) is 14.5 Å². The molecular weight excluding hydrogens is 320 g/mol. The van der Waals surface area contributed by atoms with Gasteiger partial charge in [0.25, 0.3) is 11.8 Å². The maximum atomic E-state index is 12.2. The third-order valence-corrected chi connectivity index (χ3v) is 3.50. The summed E-state index contributed by atoms with van der Waals surface area (Å²) in [6, 6.07) is 7.19. The first-order valence-electron chi connectivity index (χ1n) is 6.85. The zero-order valence-corrected chi connectivity index (χ0v) is 12.7. The fraction of sp³-hybridized carbons (Fsp3) is 0.133. The molecule has 2 N–H and O–H groups in total. The fourth-order valence-electron chi connectivity index (χ4n) is 2.27. The monoisotopic (exact) mass is 332 g/mol. The summed E-state index contributed by atoms with van der Waals surface area (Å²) in [6.07, 6.45) is 4.35. The second-order valence-corrected chi connectivity index (χ2v) is 5.26. The quantitative estimate of drug-likeness (QED) is 0.803. The second-order valence-electron chi connectivity index (χ2n) is 4.82. The molecule has 0 aliphatic carbocycles. The zero-order valence-electron chi connectivity index (χ0n) is 11.9. The van der Waals surface area contributed by atoms with Crippen molar-refractivity contribution >= 4 is 29.1 Å². The zero-order chi connectivity index (χ0) is 16.4. The molecule has 1 aliphatic rings. The summed E-state index contributed by atoms with van der Waals surface area (Å²) < 4.78 is 1.57. The molecule has 0 spiro atoms. The van der Waals surface area contributed by atoms with Crippen molar-refractivity contribution in [1.29, 1.82) is 0 Å². The molecule has 0 bridgehead atoms. The molecule has 118 valence electrons. The number of imide groups is 1. The van der Waals surface area contributed by atoms with Gasteiger partial charge < -0.3 is 10.4 Å². The van der Waals surface area contributed by atoms with Crippen molar-refractivity contribution in [3.8, 4) is 5.69 Å².